The largest absolute Gasteiger partial charge is 0.346 e. The van der Waals surface area contributed by atoms with Crippen LogP contribution in [0.15, 0.2) is 54.6 Å². The summed E-state index contributed by atoms with van der Waals surface area (Å²) in [7, 11) is 0. The van der Waals surface area contributed by atoms with Crippen LogP contribution in [-0.4, -0.2) is 16.6 Å². The van der Waals surface area contributed by atoms with Gasteiger partial charge in [0.2, 0.25) is 5.91 Å². The number of benzene rings is 2. The Bertz CT molecular complexity index is 996. The molecule has 1 amide bonds. The van der Waals surface area contributed by atoms with E-state index in [2.05, 4.69) is 17.1 Å². The standard InChI is InChI=1S/C19H16N2OS2/c1-12-5-4-7-14(9-12)21-17(22)11-24-19(21)15-10-13-6-2-3-8-16(13)20-18(15)23/h2-10,19H,11H2,1H3,(H,20,23). The first-order chi connectivity index (χ1) is 11.6. The summed E-state index contributed by atoms with van der Waals surface area (Å²) in [6, 6.07) is 18.2. The predicted octanol–water partition coefficient (Wildman–Crippen LogP) is 4.98. The van der Waals surface area contributed by atoms with E-state index in [4.69, 9.17) is 12.2 Å². The summed E-state index contributed by atoms with van der Waals surface area (Å²) in [4.78, 5) is 17.7. The fraction of sp³-hybridized carbons (Fsp3) is 0.158. The second kappa shape index (κ2) is 6.07. The van der Waals surface area contributed by atoms with E-state index in [1.807, 2.05) is 54.3 Å². The first-order valence-corrected chi connectivity index (χ1v) is 9.21. The van der Waals surface area contributed by atoms with Gasteiger partial charge in [-0.1, -0.05) is 42.5 Å². The number of nitrogens with zero attached hydrogens (tertiary/aromatic N) is 1. The Morgan fingerprint density at radius 2 is 2.00 bits per heavy atom. The maximum absolute atomic E-state index is 12.5. The van der Waals surface area contributed by atoms with Gasteiger partial charge in [0.25, 0.3) is 0 Å². The lowest BCUT2D eigenvalue weighted by Gasteiger charge is -2.25. The number of carbonyl (C=O) groups excluding carboxylic acids is 1. The van der Waals surface area contributed by atoms with Crippen molar-refractivity contribution in [3.63, 3.8) is 0 Å². The number of fused-ring (bicyclic) bond motifs is 1. The molecule has 1 fully saturated rings. The SMILES string of the molecule is Cc1cccc(N2C(=O)CSC2c2cc3ccccc3[nH]c2=S)c1. The number of anilines is 1. The summed E-state index contributed by atoms with van der Waals surface area (Å²) in [6.07, 6.45) is 0. The number of aromatic nitrogens is 1. The molecular weight excluding hydrogens is 336 g/mol. The van der Waals surface area contributed by atoms with Gasteiger partial charge in [0, 0.05) is 16.8 Å². The maximum Gasteiger partial charge on any atom is 0.238 e. The van der Waals surface area contributed by atoms with Crippen LogP contribution in [0.4, 0.5) is 5.69 Å². The van der Waals surface area contributed by atoms with Crippen LogP contribution in [-0.2, 0) is 4.79 Å². The van der Waals surface area contributed by atoms with Crippen molar-refractivity contribution in [2.24, 2.45) is 0 Å². The molecular formula is C19H16N2OS2. The van der Waals surface area contributed by atoms with Gasteiger partial charge >= 0.3 is 0 Å². The summed E-state index contributed by atoms with van der Waals surface area (Å²) >= 11 is 7.20. The number of hydrogen-bond donors (Lipinski definition) is 1. The Morgan fingerprint density at radius 3 is 2.83 bits per heavy atom. The number of aromatic amines is 1. The Hall–Kier alpha value is -2.11. The van der Waals surface area contributed by atoms with Crippen LogP contribution in [0, 0.1) is 11.6 Å². The lowest BCUT2D eigenvalue weighted by molar-refractivity contribution is -0.115. The summed E-state index contributed by atoms with van der Waals surface area (Å²) < 4.78 is 0.693. The highest BCUT2D eigenvalue weighted by Crippen LogP contribution is 2.42. The highest BCUT2D eigenvalue weighted by atomic mass is 32.2. The van der Waals surface area contributed by atoms with E-state index in [-0.39, 0.29) is 11.3 Å². The van der Waals surface area contributed by atoms with Crippen LogP contribution in [0.2, 0.25) is 0 Å². The van der Waals surface area contributed by atoms with Crippen LogP contribution in [0.25, 0.3) is 10.9 Å². The van der Waals surface area contributed by atoms with Crippen molar-refractivity contribution in [3.05, 3.63) is 70.4 Å². The monoisotopic (exact) mass is 352 g/mol. The number of amides is 1. The highest BCUT2D eigenvalue weighted by molar-refractivity contribution is 8.00. The van der Waals surface area contributed by atoms with Crippen LogP contribution in [0.5, 0.6) is 0 Å². The number of nitrogens with one attached hydrogen (secondary N) is 1. The highest BCUT2D eigenvalue weighted by Gasteiger charge is 2.35. The van der Waals surface area contributed by atoms with Gasteiger partial charge in [-0.2, -0.15) is 0 Å². The summed E-state index contributed by atoms with van der Waals surface area (Å²) in [6.45, 7) is 2.04. The van der Waals surface area contributed by atoms with Crippen molar-refractivity contribution < 1.29 is 4.79 Å². The Labute approximate surface area is 149 Å². The molecule has 0 bridgehead atoms. The van der Waals surface area contributed by atoms with Crippen molar-refractivity contribution in [1.29, 1.82) is 0 Å². The van der Waals surface area contributed by atoms with Crippen molar-refractivity contribution in [1.82, 2.24) is 4.98 Å². The third-order valence-electron chi connectivity index (χ3n) is 4.20. The first kappa shape index (κ1) is 15.4. The average molecular weight is 352 g/mol. The number of hydrogen-bond acceptors (Lipinski definition) is 3. The van der Waals surface area contributed by atoms with E-state index in [0.717, 1.165) is 27.7 Å². The zero-order chi connectivity index (χ0) is 16.7. The molecule has 0 radical (unpaired) electrons. The van der Waals surface area contributed by atoms with Crippen molar-refractivity contribution in [2.75, 3.05) is 10.7 Å². The Morgan fingerprint density at radius 1 is 1.17 bits per heavy atom. The molecule has 1 N–H and O–H groups in total. The molecule has 3 aromatic rings. The third kappa shape index (κ3) is 2.64. The van der Waals surface area contributed by atoms with E-state index >= 15 is 0 Å². The number of thioether (sulfide) groups is 1. The molecule has 24 heavy (non-hydrogen) atoms. The average Bonchev–Trinajstić information content (AvgIpc) is 2.95. The molecule has 0 saturated carbocycles. The molecule has 1 aromatic heterocycles. The molecule has 120 valence electrons. The molecule has 3 nitrogen and oxygen atoms in total. The lowest BCUT2D eigenvalue weighted by Crippen LogP contribution is -2.28. The van der Waals surface area contributed by atoms with Gasteiger partial charge < -0.3 is 4.98 Å². The molecule has 2 aromatic carbocycles. The smallest absolute Gasteiger partial charge is 0.238 e. The van der Waals surface area contributed by atoms with Gasteiger partial charge in [0.15, 0.2) is 0 Å². The second-order valence-corrected chi connectivity index (χ2v) is 7.38. The molecule has 1 aliphatic rings. The normalized spacial score (nSPS) is 17.6. The third-order valence-corrected chi connectivity index (χ3v) is 5.73. The molecule has 2 heterocycles. The zero-order valence-electron chi connectivity index (χ0n) is 13.2. The van der Waals surface area contributed by atoms with Crippen LogP contribution >= 0.6 is 24.0 Å². The van der Waals surface area contributed by atoms with E-state index < -0.39 is 0 Å². The summed E-state index contributed by atoms with van der Waals surface area (Å²) in [5, 5.41) is 1.01. The van der Waals surface area contributed by atoms with Crippen LogP contribution < -0.4 is 4.90 Å². The first-order valence-electron chi connectivity index (χ1n) is 7.76. The molecule has 1 unspecified atom stereocenters. The number of pyridine rings is 1. The molecule has 1 aliphatic heterocycles. The minimum absolute atomic E-state index is 0.0901. The fourth-order valence-corrected chi connectivity index (χ4v) is 4.61. The van der Waals surface area contributed by atoms with Crippen LogP contribution in [0.3, 0.4) is 0 Å². The summed E-state index contributed by atoms with van der Waals surface area (Å²) in [5.74, 6) is 0.596. The predicted molar refractivity (Wildman–Crippen MR) is 103 cm³/mol. The van der Waals surface area contributed by atoms with Crippen molar-refractivity contribution >= 4 is 46.5 Å². The molecule has 4 rings (SSSR count). The number of carbonyl (C=O) groups is 1. The van der Waals surface area contributed by atoms with Gasteiger partial charge in [-0.25, -0.2) is 0 Å². The Kier molecular flexibility index (Phi) is 3.90. The van der Waals surface area contributed by atoms with Crippen molar-refractivity contribution in [3.8, 4) is 0 Å². The second-order valence-electron chi connectivity index (χ2n) is 5.91. The van der Waals surface area contributed by atoms with Gasteiger partial charge in [-0.15, -0.1) is 11.8 Å². The number of rotatable bonds is 2. The maximum atomic E-state index is 12.5. The van der Waals surface area contributed by atoms with Gasteiger partial charge in [-0.3, -0.25) is 9.69 Å². The van der Waals surface area contributed by atoms with E-state index in [1.165, 1.54) is 0 Å². The lowest BCUT2D eigenvalue weighted by atomic mass is 10.1. The van der Waals surface area contributed by atoms with E-state index in [9.17, 15) is 4.79 Å². The molecule has 5 heteroatoms. The fourth-order valence-electron chi connectivity index (χ4n) is 3.06. The van der Waals surface area contributed by atoms with Crippen molar-refractivity contribution in [2.45, 2.75) is 12.3 Å². The van der Waals surface area contributed by atoms with Crippen LogP contribution in [0.1, 0.15) is 16.5 Å². The van der Waals surface area contributed by atoms with E-state index in [1.54, 1.807) is 11.8 Å². The van der Waals surface area contributed by atoms with Gasteiger partial charge in [0.05, 0.1) is 5.75 Å². The number of aryl methyl sites for hydroxylation is 1. The van der Waals surface area contributed by atoms with Gasteiger partial charge in [0.1, 0.15) is 10.0 Å². The molecule has 0 spiro atoms. The molecule has 1 atom stereocenters. The number of para-hydroxylation sites is 1. The summed E-state index contributed by atoms with van der Waals surface area (Å²) in [5.41, 5.74) is 4.07. The zero-order valence-corrected chi connectivity index (χ0v) is 14.8. The topological polar surface area (TPSA) is 36.1 Å². The van der Waals surface area contributed by atoms with Gasteiger partial charge in [-0.05, 0) is 42.1 Å². The molecule has 0 aliphatic carbocycles. The minimum atomic E-state index is -0.0901. The minimum Gasteiger partial charge on any atom is -0.346 e. The molecule has 1 saturated heterocycles. The quantitative estimate of drug-likeness (QED) is 0.661. The number of H-pyrrole nitrogens is 1. The Balaban J connectivity index is 1.84. The van der Waals surface area contributed by atoms with E-state index in [0.29, 0.717) is 10.4 Å².